The Morgan fingerprint density at radius 1 is 0.947 bits per heavy atom. The minimum atomic E-state index is -0.606. The number of amides is 1. The molecule has 194 valence electrons. The Kier molecular flexibility index (Phi) is 8.51. The number of benzene rings is 3. The van der Waals surface area contributed by atoms with E-state index >= 15 is 0 Å². The molecule has 1 fully saturated rings. The number of aromatic nitrogens is 1. The van der Waals surface area contributed by atoms with Crippen molar-refractivity contribution in [1.82, 2.24) is 4.98 Å². The first-order chi connectivity index (χ1) is 18.6. The SMILES string of the molecule is C[C@H]1[C@@H](CSc2ccccc2)O[C@@H](c2cccc(NC(=O)c3cccnc3)c2)O[C@H]1c1ccc(CO)cc1. The lowest BCUT2D eigenvalue weighted by Gasteiger charge is -2.41. The van der Waals surface area contributed by atoms with Crippen LogP contribution < -0.4 is 5.32 Å². The van der Waals surface area contributed by atoms with Crippen LogP contribution in [0.3, 0.4) is 0 Å². The highest BCUT2D eigenvalue weighted by Gasteiger charge is 2.38. The number of nitrogens with zero attached hydrogens (tertiary/aromatic N) is 1. The molecular weight excluding hydrogens is 496 g/mol. The fourth-order valence-corrected chi connectivity index (χ4v) is 5.56. The van der Waals surface area contributed by atoms with Gasteiger partial charge < -0.3 is 19.9 Å². The third kappa shape index (κ3) is 6.31. The molecule has 0 unspecified atom stereocenters. The largest absolute Gasteiger partial charge is 0.392 e. The van der Waals surface area contributed by atoms with Gasteiger partial charge in [0.05, 0.1) is 24.4 Å². The van der Waals surface area contributed by atoms with Crippen LogP contribution in [0.2, 0.25) is 0 Å². The molecule has 1 aliphatic rings. The van der Waals surface area contributed by atoms with Crippen molar-refractivity contribution >= 4 is 23.4 Å². The van der Waals surface area contributed by atoms with Crippen LogP contribution in [0.4, 0.5) is 5.69 Å². The molecule has 4 aromatic rings. The van der Waals surface area contributed by atoms with Gasteiger partial charge in [0.2, 0.25) is 0 Å². The number of hydrogen-bond donors (Lipinski definition) is 2. The average molecular weight is 527 g/mol. The Hall–Kier alpha value is -3.49. The van der Waals surface area contributed by atoms with Gasteiger partial charge in [-0.1, -0.05) is 61.5 Å². The monoisotopic (exact) mass is 526 g/mol. The minimum absolute atomic E-state index is 0.000983. The lowest BCUT2D eigenvalue weighted by Crippen LogP contribution is -2.38. The van der Waals surface area contributed by atoms with Crippen LogP contribution in [0.25, 0.3) is 0 Å². The summed E-state index contributed by atoms with van der Waals surface area (Å²) in [6, 6.07) is 29.2. The third-order valence-electron chi connectivity index (χ3n) is 6.62. The van der Waals surface area contributed by atoms with E-state index in [9.17, 15) is 9.90 Å². The summed E-state index contributed by atoms with van der Waals surface area (Å²) in [7, 11) is 0. The highest BCUT2D eigenvalue weighted by molar-refractivity contribution is 7.99. The molecule has 0 bridgehead atoms. The van der Waals surface area contributed by atoms with Gasteiger partial charge in [-0.25, -0.2) is 0 Å². The second-order valence-corrected chi connectivity index (χ2v) is 10.4. The molecule has 1 amide bonds. The smallest absolute Gasteiger partial charge is 0.257 e. The molecule has 2 heterocycles. The van der Waals surface area contributed by atoms with Crippen molar-refractivity contribution in [2.24, 2.45) is 5.92 Å². The lowest BCUT2D eigenvalue weighted by molar-refractivity contribution is -0.268. The van der Waals surface area contributed by atoms with Gasteiger partial charge in [-0.3, -0.25) is 9.78 Å². The van der Waals surface area contributed by atoms with E-state index in [4.69, 9.17) is 9.47 Å². The number of carbonyl (C=O) groups is 1. The van der Waals surface area contributed by atoms with Gasteiger partial charge in [0.25, 0.3) is 5.91 Å². The van der Waals surface area contributed by atoms with Crippen LogP contribution in [0.1, 0.15) is 46.4 Å². The van der Waals surface area contributed by atoms with Crippen molar-refractivity contribution in [1.29, 1.82) is 0 Å². The van der Waals surface area contributed by atoms with Crippen LogP contribution in [-0.2, 0) is 16.1 Å². The van der Waals surface area contributed by atoms with E-state index in [1.807, 2.05) is 66.7 Å². The number of nitrogens with one attached hydrogen (secondary N) is 1. The van der Waals surface area contributed by atoms with Crippen molar-refractivity contribution in [2.45, 2.75) is 36.9 Å². The number of pyridine rings is 1. The molecule has 4 atom stereocenters. The Balaban J connectivity index is 1.38. The van der Waals surface area contributed by atoms with E-state index in [2.05, 4.69) is 29.4 Å². The maximum atomic E-state index is 12.7. The first-order valence-corrected chi connectivity index (χ1v) is 13.6. The molecule has 6 nitrogen and oxygen atoms in total. The quantitative estimate of drug-likeness (QED) is 0.258. The fraction of sp³-hybridized carbons (Fsp3) is 0.226. The highest BCUT2D eigenvalue weighted by Crippen LogP contribution is 2.43. The normalized spacial score (nSPS) is 21.1. The van der Waals surface area contributed by atoms with Crippen molar-refractivity contribution in [3.8, 4) is 0 Å². The van der Waals surface area contributed by atoms with E-state index in [1.54, 1.807) is 30.1 Å². The Bertz CT molecular complexity index is 1340. The van der Waals surface area contributed by atoms with Crippen LogP contribution >= 0.6 is 11.8 Å². The van der Waals surface area contributed by atoms with Crippen molar-refractivity contribution in [3.05, 3.63) is 126 Å². The molecule has 0 spiro atoms. The Morgan fingerprint density at radius 3 is 2.50 bits per heavy atom. The van der Waals surface area contributed by atoms with Gasteiger partial charge in [0.1, 0.15) is 0 Å². The molecule has 38 heavy (non-hydrogen) atoms. The molecule has 1 aromatic heterocycles. The summed E-state index contributed by atoms with van der Waals surface area (Å²) in [6.07, 6.45) is 2.29. The van der Waals surface area contributed by atoms with Crippen molar-refractivity contribution in [2.75, 3.05) is 11.1 Å². The molecule has 0 saturated carbocycles. The van der Waals surface area contributed by atoms with E-state index in [1.165, 1.54) is 11.1 Å². The first-order valence-electron chi connectivity index (χ1n) is 12.6. The van der Waals surface area contributed by atoms with E-state index in [0.717, 1.165) is 22.4 Å². The number of thioether (sulfide) groups is 1. The number of rotatable bonds is 8. The lowest BCUT2D eigenvalue weighted by atomic mass is 9.91. The highest BCUT2D eigenvalue weighted by atomic mass is 32.2. The summed E-state index contributed by atoms with van der Waals surface area (Å²) in [5.74, 6) is 0.637. The van der Waals surface area contributed by atoms with Gasteiger partial charge in [-0.15, -0.1) is 11.8 Å². The predicted octanol–water partition coefficient (Wildman–Crippen LogP) is 6.41. The summed E-state index contributed by atoms with van der Waals surface area (Å²) < 4.78 is 13.1. The maximum Gasteiger partial charge on any atom is 0.257 e. The number of carbonyl (C=O) groups excluding carboxylic acids is 1. The zero-order valence-electron chi connectivity index (χ0n) is 21.1. The molecule has 0 aliphatic carbocycles. The number of anilines is 1. The zero-order chi connectivity index (χ0) is 26.3. The Labute approximate surface area is 227 Å². The van der Waals surface area contributed by atoms with Crippen molar-refractivity contribution in [3.63, 3.8) is 0 Å². The van der Waals surface area contributed by atoms with Crippen LogP contribution in [-0.4, -0.2) is 27.9 Å². The summed E-state index contributed by atoms with van der Waals surface area (Å²) in [5.41, 5.74) is 3.87. The summed E-state index contributed by atoms with van der Waals surface area (Å²) in [5, 5.41) is 12.4. The molecule has 1 aliphatic heterocycles. The van der Waals surface area contributed by atoms with E-state index in [-0.39, 0.29) is 30.6 Å². The van der Waals surface area contributed by atoms with Gasteiger partial charge >= 0.3 is 0 Å². The summed E-state index contributed by atoms with van der Waals surface area (Å²) in [4.78, 5) is 17.9. The van der Waals surface area contributed by atoms with E-state index < -0.39 is 6.29 Å². The summed E-state index contributed by atoms with van der Waals surface area (Å²) in [6.45, 7) is 2.16. The van der Waals surface area contributed by atoms with Crippen molar-refractivity contribution < 1.29 is 19.4 Å². The minimum Gasteiger partial charge on any atom is -0.392 e. The summed E-state index contributed by atoms with van der Waals surface area (Å²) >= 11 is 1.76. The van der Waals surface area contributed by atoms with Crippen LogP contribution in [0.5, 0.6) is 0 Å². The second kappa shape index (κ2) is 12.4. The predicted molar refractivity (Wildman–Crippen MR) is 149 cm³/mol. The molecule has 0 radical (unpaired) electrons. The molecule has 7 heteroatoms. The number of ether oxygens (including phenoxy) is 2. The first kappa shape index (κ1) is 26.1. The molecule has 1 saturated heterocycles. The second-order valence-electron chi connectivity index (χ2n) is 9.27. The van der Waals surface area contributed by atoms with Gasteiger partial charge in [-0.2, -0.15) is 0 Å². The number of aliphatic hydroxyl groups excluding tert-OH is 1. The molecule has 5 rings (SSSR count). The maximum absolute atomic E-state index is 12.7. The standard InChI is InChI=1S/C31H30N2O4S/c1-21-28(20-38-27-10-3-2-4-11-27)36-31(37-29(21)23-14-12-22(19-34)13-15-23)24-7-5-9-26(17-24)33-30(35)25-8-6-16-32-18-25/h2-18,21,28-29,31,34H,19-20H2,1H3,(H,33,35)/t21-,28+,29+,31+/m0/s1. The fourth-order valence-electron chi connectivity index (χ4n) is 4.47. The topological polar surface area (TPSA) is 80.7 Å². The van der Waals surface area contributed by atoms with Gasteiger partial charge in [0, 0.05) is 40.2 Å². The van der Waals surface area contributed by atoms with Crippen LogP contribution in [0, 0.1) is 5.92 Å². The number of hydrogen-bond acceptors (Lipinski definition) is 6. The van der Waals surface area contributed by atoms with Gasteiger partial charge in [0.15, 0.2) is 6.29 Å². The van der Waals surface area contributed by atoms with Gasteiger partial charge in [-0.05, 0) is 47.5 Å². The zero-order valence-corrected chi connectivity index (χ0v) is 21.9. The average Bonchev–Trinajstić information content (AvgIpc) is 2.98. The third-order valence-corrected chi connectivity index (χ3v) is 7.72. The number of aliphatic hydroxyl groups is 1. The molecule has 3 aromatic carbocycles. The molecular formula is C31H30N2O4S. The van der Waals surface area contributed by atoms with E-state index in [0.29, 0.717) is 11.3 Å². The molecule has 2 N–H and O–H groups in total. The Morgan fingerprint density at radius 2 is 1.76 bits per heavy atom. The van der Waals surface area contributed by atoms with Crippen LogP contribution in [0.15, 0.2) is 108 Å².